The molecule has 0 aliphatic heterocycles. The van der Waals surface area contributed by atoms with Gasteiger partial charge in [-0.3, -0.25) is 0 Å². The van der Waals surface area contributed by atoms with Crippen molar-refractivity contribution >= 4 is 7.92 Å². The van der Waals surface area contributed by atoms with Crippen molar-refractivity contribution in [3.63, 3.8) is 0 Å². The summed E-state index contributed by atoms with van der Waals surface area (Å²) in [7, 11) is 0.116. The van der Waals surface area contributed by atoms with Gasteiger partial charge < -0.3 is 0 Å². The first-order valence-corrected chi connectivity index (χ1v) is 13.3. The van der Waals surface area contributed by atoms with Gasteiger partial charge in [0.1, 0.15) is 0 Å². The van der Waals surface area contributed by atoms with Crippen LogP contribution in [0.1, 0.15) is 77.0 Å². The van der Waals surface area contributed by atoms with Gasteiger partial charge >= 0.3 is 0 Å². The fraction of sp³-hybridized carbons (Fsp3) is 0.840. The summed E-state index contributed by atoms with van der Waals surface area (Å²) in [6, 6.07) is 0. The summed E-state index contributed by atoms with van der Waals surface area (Å²) in [6.45, 7) is 0. The first kappa shape index (κ1) is 15.8. The molecule has 8 bridgehead atoms. The van der Waals surface area contributed by atoms with E-state index in [1.807, 2.05) is 0 Å². The molecular formula is C25H35P. The lowest BCUT2D eigenvalue weighted by Gasteiger charge is -2.68. The van der Waals surface area contributed by atoms with Gasteiger partial charge in [-0.15, -0.1) is 0 Å². The van der Waals surface area contributed by atoms with Crippen molar-refractivity contribution in [3.8, 4) is 0 Å². The van der Waals surface area contributed by atoms with Crippen LogP contribution < -0.4 is 0 Å². The second-order valence-electron chi connectivity index (χ2n) is 11.9. The Morgan fingerprint density at radius 2 is 0.808 bits per heavy atom. The van der Waals surface area contributed by atoms with Crippen LogP contribution in [0.3, 0.4) is 0 Å². The average molecular weight is 367 g/mol. The van der Waals surface area contributed by atoms with E-state index in [4.69, 9.17) is 0 Å². The Hall–Kier alpha value is -0.0900. The summed E-state index contributed by atoms with van der Waals surface area (Å²) in [5.41, 5.74) is 0.845. The third-order valence-electron chi connectivity index (χ3n) is 10.1. The summed E-state index contributed by atoms with van der Waals surface area (Å²) in [4.78, 5) is 0. The minimum atomic E-state index is 0.116. The molecule has 0 heterocycles. The monoisotopic (exact) mass is 366 g/mol. The van der Waals surface area contributed by atoms with Crippen molar-refractivity contribution < 1.29 is 0 Å². The first-order chi connectivity index (χ1) is 12.7. The fourth-order valence-electron chi connectivity index (χ4n) is 10.4. The van der Waals surface area contributed by atoms with Gasteiger partial charge in [0.25, 0.3) is 0 Å². The van der Waals surface area contributed by atoms with E-state index in [0.29, 0.717) is 0 Å². The Morgan fingerprint density at radius 3 is 1.12 bits per heavy atom. The van der Waals surface area contributed by atoms with E-state index in [2.05, 4.69) is 24.3 Å². The van der Waals surface area contributed by atoms with Crippen molar-refractivity contribution in [1.82, 2.24) is 0 Å². The minimum Gasteiger partial charge on any atom is -0.0829 e. The average Bonchev–Trinajstić information content (AvgIpc) is 3.05. The number of rotatable bonds is 3. The Morgan fingerprint density at radius 1 is 0.500 bits per heavy atom. The maximum absolute atomic E-state index is 2.66. The molecule has 0 aromatic heterocycles. The molecule has 0 N–H and O–H groups in total. The van der Waals surface area contributed by atoms with Crippen molar-refractivity contribution in [3.05, 3.63) is 24.3 Å². The predicted molar refractivity (Wildman–Crippen MR) is 111 cm³/mol. The maximum atomic E-state index is 2.66. The Bertz CT molecular complexity index is 543. The molecule has 0 unspecified atom stereocenters. The molecule has 8 fully saturated rings. The molecule has 140 valence electrons. The Kier molecular flexibility index (Phi) is 3.21. The molecule has 0 saturated heterocycles. The summed E-state index contributed by atoms with van der Waals surface area (Å²) in [5, 5.41) is 1.58. The number of hydrogen-bond acceptors (Lipinski definition) is 0. The summed E-state index contributed by atoms with van der Waals surface area (Å²) in [5.74, 6) is 6.72. The summed E-state index contributed by atoms with van der Waals surface area (Å²) < 4.78 is 0. The van der Waals surface area contributed by atoms with Crippen molar-refractivity contribution in [2.75, 3.05) is 0 Å². The molecule has 9 aliphatic carbocycles. The standard InChI is InChI=1S/C25H35P/c1-2-4-23(3-1)26(24-11-17-5-18(12-24)7-19(6-17)13-24)25-14-20-8-21(15-25)10-22(9-20)16-25/h1-4,17-23H,5-16H2. The van der Waals surface area contributed by atoms with Crippen LogP contribution in [-0.4, -0.2) is 16.0 Å². The van der Waals surface area contributed by atoms with Crippen molar-refractivity contribution in [2.24, 2.45) is 35.5 Å². The number of allylic oxidation sites excluding steroid dienone is 4. The third-order valence-corrected chi connectivity index (χ3v) is 14.1. The molecule has 0 aromatic rings. The van der Waals surface area contributed by atoms with E-state index < -0.39 is 0 Å². The van der Waals surface area contributed by atoms with Crippen LogP contribution in [0.5, 0.6) is 0 Å². The van der Waals surface area contributed by atoms with Crippen molar-refractivity contribution in [1.29, 1.82) is 0 Å². The fourth-order valence-corrected chi connectivity index (χ4v) is 16.0. The van der Waals surface area contributed by atoms with Gasteiger partial charge in [-0.25, -0.2) is 0 Å². The zero-order chi connectivity index (χ0) is 16.9. The van der Waals surface area contributed by atoms with Gasteiger partial charge in [0, 0.05) is 5.66 Å². The van der Waals surface area contributed by atoms with E-state index in [1.165, 1.54) is 0 Å². The highest BCUT2D eigenvalue weighted by molar-refractivity contribution is 7.62. The Balaban J connectivity index is 1.34. The molecule has 8 saturated carbocycles. The highest BCUT2D eigenvalue weighted by atomic mass is 31.1. The maximum Gasteiger partial charge on any atom is 0.0166 e. The molecule has 0 atom stereocenters. The molecule has 9 rings (SSSR count). The molecule has 0 spiro atoms. The largest absolute Gasteiger partial charge is 0.0829 e. The molecule has 1 heteroatoms. The zero-order valence-corrected chi connectivity index (χ0v) is 17.2. The SMILES string of the molecule is C1=CC(P(C23CC4CC(CC(C4)C2)C3)C23CC4CC(CC(C4)C2)C3)C=C1. The van der Waals surface area contributed by atoms with Crippen molar-refractivity contribution in [2.45, 2.75) is 93.0 Å². The lowest BCUT2D eigenvalue weighted by molar-refractivity contribution is 0.0184. The van der Waals surface area contributed by atoms with Gasteiger partial charge in [-0.2, -0.15) is 0 Å². The third kappa shape index (κ3) is 2.12. The normalized spacial score (nSPS) is 57.4. The quantitative estimate of drug-likeness (QED) is 0.477. The second kappa shape index (κ2) is 5.28. The predicted octanol–water partition coefficient (Wildman–Crippen LogP) is 6.90. The molecule has 9 aliphatic rings. The Labute approximate surface area is 161 Å². The minimum absolute atomic E-state index is 0.116. The van der Waals surface area contributed by atoms with Crippen LogP contribution in [0.2, 0.25) is 0 Å². The van der Waals surface area contributed by atoms with Crippen LogP contribution >= 0.6 is 7.92 Å². The van der Waals surface area contributed by atoms with Crippen LogP contribution in [0.15, 0.2) is 24.3 Å². The van der Waals surface area contributed by atoms with Gasteiger partial charge in [0.2, 0.25) is 0 Å². The lowest BCUT2D eigenvalue weighted by atomic mass is 9.55. The molecule has 0 amide bonds. The van der Waals surface area contributed by atoms with E-state index >= 15 is 0 Å². The van der Waals surface area contributed by atoms with Gasteiger partial charge in [0.15, 0.2) is 0 Å². The van der Waals surface area contributed by atoms with Gasteiger partial charge in [0.05, 0.1) is 0 Å². The van der Waals surface area contributed by atoms with E-state index in [0.717, 1.165) is 51.5 Å². The highest BCUT2D eigenvalue weighted by Gasteiger charge is 2.63. The second-order valence-corrected chi connectivity index (χ2v) is 15.1. The van der Waals surface area contributed by atoms with E-state index in [9.17, 15) is 0 Å². The first-order valence-electron chi connectivity index (χ1n) is 11.8. The smallest absolute Gasteiger partial charge is 0.0166 e. The molecule has 0 radical (unpaired) electrons. The lowest BCUT2D eigenvalue weighted by Crippen LogP contribution is -2.57. The van der Waals surface area contributed by atoms with Gasteiger partial charge in [-0.1, -0.05) is 32.2 Å². The molecule has 26 heavy (non-hydrogen) atoms. The zero-order valence-electron chi connectivity index (χ0n) is 16.3. The van der Waals surface area contributed by atoms with Crippen LogP contribution in [0.4, 0.5) is 0 Å². The molecular weight excluding hydrogens is 331 g/mol. The van der Waals surface area contributed by atoms with E-state index in [-0.39, 0.29) is 7.92 Å². The van der Waals surface area contributed by atoms with Crippen LogP contribution in [0.25, 0.3) is 0 Å². The highest BCUT2D eigenvalue weighted by Crippen LogP contribution is 2.80. The van der Waals surface area contributed by atoms with Crippen LogP contribution in [0, 0.1) is 35.5 Å². The summed E-state index contributed by atoms with van der Waals surface area (Å²) >= 11 is 0. The van der Waals surface area contributed by atoms with Gasteiger partial charge in [-0.05, 0) is 123 Å². The molecule has 0 nitrogen and oxygen atoms in total. The van der Waals surface area contributed by atoms with E-state index in [1.54, 1.807) is 77.0 Å². The topological polar surface area (TPSA) is 0 Å². The summed E-state index contributed by atoms with van der Waals surface area (Å²) in [6.07, 6.45) is 29.6. The molecule has 0 aromatic carbocycles. The van der Waals surface area contributed by atoms with Crippen LogP contribution in [-0.2, 0) is 0 Å². The number of hydrogen-bond donors (Lipinski definition) is 0.